The first-order valence-electron chi connectivity index (χ1n) is 5.56. The van der Waals surface area contributed by atoms with Crippen molar-refractivity contribution in [1.29, 1.82) is 0 Å². The zero-order valence-electron chi connectivity index (χ0n) is 10.1. The van der Waals surface area contributed by atoms with Crippen LogP contribution >= 0.6 is 12.6 Å². The Morgan fingerprint density at radius 1 is 1.24 bits per heavy atom. The molecule has 0 radical (unpaired) electrons. The number of carbonyl (C=O) groups excluding carboxylic acids is 1. The lowest BCUT2D eigenvalue weighted by molar-refractivity contribution is -0.151. The number of carboxylic acid groups (broad SMARTS) is 1. The summed E-state index contributed by atoms with van der Waals surface area (Å²) < 4.78 is 4.86. The van der Waals surface area contributed by atoms with Crippen LogP contribution in [-0.4, -0.2) is 40.6 Å². The van der Waals surface area contributed by atoms with E-state index >= 15 is 0 Å². The maximum absolute atomic E-state index is 11.4. The van der Waals surface area contributed by atoms with Crippen molar-refractivity contribution in [2.75, 3.05) is 12.4 Å². The van der Waals surface area contributed by atoms with Gasteiger partial charge in [0.1, 0.15) is 6.61 Å². The molecule has 0 heterocycles. The summed E-state index contributed by atoms with van der Waals surface area (Å²) in [6.07, 6.45) is 0.136. The van der Waals surface area contributed by atoms with Crippen molar-refractivity contribution in [3.63, 3.8) is 0 Å². The molecule has 100 valence electrons. The summed E-state index contributed by atoms with van der Waals surface area (Å²) in [7, 11) is 0. The van der Waals surface area contributed by atoms with Crippen molar-refractivity contribution in [1.82, 2.24) is 0 Å². The summed E-state index contributed by atoms with van der Waals surface area (Å²) in [5.74, 6) is -1.87. The van der Waals surface area contributed by atoms with E-state index in [1.807, 2.05) is 0 Å². The molecule has 0 aromatic heterocycles. The topological polar surface area (TPSA) is 83.8 Å². The molecule has 0 saturated carbocycles. The molecule has 0 saturated heterocycles. The molecular formula is C11H20O5S. The van der Waals surface area contributed by atoms with Gasteiger partial charge in [-0.2, -0.15) is 12.6 Å². The summed E-state index contributed by atoms with van der Waals surface area (Å²) in [6.45, 7) is 3.22. The summed E-state index contributed by atoms with van der Waals surface area (Å²) >= 11 is 3.85. The van der Waals surface area contributed by atoms with Gasteiger partial charge in [-0.3, -0.25) is 9.59 Å². The van der Waals surface area contributed by atoms with E-state index in [0.29, 0.717) is 12.8 Å². The van der Waals surface area contributed by atoms with Crippen molar-refractivity contribution in [3.8, 4) is 0 Å². The number of aliphatic hydroxyl groups excluding tert-OH is 1. The predicted octanol–water partition coefficient (Wildman–Crippen LogP) is 0.957. The lowest BCUT2D eigenvalue weighted by Crippen LogP contribution is -2.24. The Hall–Kier alpha value is -0.750. The van der Waals surface area contributed by atoms with Gasteiger partial charge in [-0.1, -0.05) is 13.8 Å². The Kier molecular flexibility index (Phi) is 7.99. The molecule has 0 spiro atoms. The summed E-state index contributed by atoms with van der Waals surface area (Å²) in [5, 5.41) is 17.8. The number of hydrogen-bond donors (Lipinski definition) is 3. The van der Waals surface area contributed by atoms with Gasteiger partial charge in [0, 0.05) is 5.75 Å². The molecule has 17 heavy (non-hydrogen) atoms. The van der Waals surface area contributed by atoms with Crippen molar-refractivity contribution in [2.24, 2.45) is 11.8 Å². The van der Waals surface area contributed by atoms with Gasteiger partial charge in [-0.15, -0.1) is 0 Å². The lowest BCUT2D eigenvalue weighted by atomic mass is 9.98. The van der Waals surface area contributed by atoms with Gasteiger partial charge in [0.25, 0.3) is 0 Å². The number of carbonyl (C=O) groups is 2. The third-order valence-corrected chi connectivity index (χ3v) is 2.91. The molecule has 0 aromatic rings. The molecule has 0 aliphatic heterocycles. The average molecular weight is 264 g/mol. The zero-order chi connectivity index (χ0) is 13.4. The molecule has 0 bridgehead atoms. The van der Waals surface area contributed by atoms with Gasteiger partial charge in [0.05, 0.1) is 17.9 Å². The van der Waals surface area contributed by atoms with Gasteiger partial charge in [-0.25, -0.2) is 0 Å². The average Bonchev–Trinajstić information content (AvgIpc) is 2.31. The Balaban J connectivity index is 3.86. The van der Waals surface area contributed by atoms with Gasteiger partial charge < -0.3 is 14.9 Å². The van der Waals surface area contributed by atoms with Crippen LogP contribution in [0.3, 0.4) is 0 Å². The normalized spacial score (nSPS) is 16.0. The van der Waals surface area contributed by atoms with E-state index in [9.17, 15) is 9.59 Å². The van der Waals surface area contributed by atoms with Crippen LogP contribution in [0.2, 0.25) is 0 Å². The SMILES string of the molecule is CC(CCC(C)C(=O)OCC(O)CS)C(=O)O. The first-order chi connectivity index (χ1) is 7.88. The number of thiol groups is 1. The van der Waals surface area contributed by atoms with Crippen LogP contribution in [0, 0.1) is 11.8 Å². The smallest absolute Gasteiger partial charge is 0.308 e. The molecule has 0 aliphatic rings. The van der Waals surface area contributed by atoms with Crippen molar-refractivity contribution in [3.05, 3.63) is 0 Å². The number of aliphatic carboxylic acids is 1. The third kappa shape index (κ3) is 7.23. The highest BCUT2D eigenvalue weighted by Crippen LogP contribution is 2.14. The van der Waals surface area contributed by atoms with E-state index < -0.39 is 24.0 Å². The number of ether oxygens (including phenoxy) is 1. The van der Waals surface area contributed by atoms with Crippen molar-refractivity contribution in [2.45, 2.75) is 32.8 Å². The number of carboxylic acids is 1. The molecule has 2 N–H and O–H groups in total. The Bertz CT molecular complexity index is 256. The molecule has 6 heteroatoms. The molecular weight excluding hydrogens is 244 g/mol. The van der Waals surface area contributed by atoms with Crippen LogP contribution in [0.25, 0.3) is 0 Å². The second-order valence-electron chi connectivity index (χ2n) is 4.18. The first kappa shape index (κ1) is 16.2. The van der Waals surface area contributed by atoms with Gasteiger partial charge in [0.2, 0.25) is 0 Å². The van der Waals surface area contributed by atoms with E-state index in [0.717, 1.165) is 0 Å². The Morgan fingerprint density at radius 3 is 2.24 bits per heavy atom. The Morgan fingerprint density at radius 2 is 1.76 bits per heavy atom. The highest BCUT2D eigenvalue weighted by atomic mass is 32.1. The van der Waals surface area contributed by atoms with Crippen LogP contribution < -0.4 is 0 Å². The molecule has 0 aliphatic carbocycles. The molecule has 0 amide bonds. The summed E-state index contributed by atoms with van der Waals surface area (Å²) in [4.78, 5) is 22.0. The fourth-order valence-electron chi connectivity index (χ4n) is 1.11. The molecule has 0 aromatic carbocycles. The van der Waals surface area contributed by atoms with Crippen LogP contribution in [0.5, 0.6) is 0 Å². The predicted molar refractivity (Wildman–Crippen MR) is 66.0 cm³/mol. The molecule has 3 unspecified atom stereocenters. The van der Waals surface area contributed by atoms with Crippen LogP contribution in [0.4, 0.5) is 0 Å². The number of aliphatic hydroxyl groups is 1. The van der Waals surface area contributed by atoms with Crippen molar-refractivity contribution >= 4 is 24.6 Å². The molecule has 0 fully saturated rings. The largest absolute Gasteiger partial charge is 0.481 e. The van der Waals surface area contributed by atoms with Gasteiger partial charge in [-0.05, 0) is 12.8 Å². The Labute approximate surface area is 107 Å². The minimum atomic E-state index is -0.865. The first-order valence-corrected chi connectivity index (χ1v) is 6.20. The third-order valence-electron chi connectivity index (χ3n) is 2.49. The number of esters is 1. The minimum absolute atomic E-state index is 0.0683. The molecule has 0 rings (SSSR count). The fourth-order valence-corrected chi connectivity index (χ4v) is 1.22. The molecule has 3 atom stereocenters. The minimum Gasteiger partial charge on any atom is -0.481 e. The van der Waals surface area contributed by atoms with Crippen LogP contribution in [-0.2, 0) is 14.3 Å². The van der Waals surface area contributed by atoms with Gasteiger partial charge >= 0.3 is 11.9 Å². The highest BCUT2D eigenvalue weighted by molar-refractivity contribution is 7.80. The number of rotatable bonds is 8. The molecule has 5 nitrogen and oxygen atoms in total. The second-order valence-corrected chi connectivity index (χ2v) is 4.55. The number of hydrogen-bond acceptors (Lipinski definition) is 5. The van der Waals surface area contributed by atoms with Crippen molar-refractivity contribution < 1.29 is 24.5 Å². The lowest BCUT2D eigenvalue weighted by Gasteiger charge is -2.14. The summed E-state index contributed by atoms with van der Waals surface area (Å²) in [5.41, 5.74) is 0. The second kappa shape index (κ2) is 8.36. The van der Waals surface area contributed by atoms with Crippen LogP contribution in [0.1, 0.15) is 26.7 Å². The maximum atomic E-state index is 11.4. The highest BCUT2D eigenvalue weighted by Gasteiger charge is 2.19. The van der Waals surface area contributed by atoms with E-state index in [-0.39, 0.29) is 18.3 Å². The van der Waals surface area contributed by atoms with E-state index in [1.54, 1.807) is 13.8 Å². The maximum Gasteiger partial charge on any atom is 0.308 e. The van der Waals surface area contributed by atoms with E-state index in [2.05, 4.69) is 12.6 Å². The quantitative estimate of drug-likeness (QED) is 0.449. The van der Waals surface area contributed by atoms with E-state index in [1.165, 1.54) is 0 Å². The van der Waals surface area contributed by atoms with Crippen LogP contribution in [0.15, 0.2) is 0 Å². The summed E-state index contributed by atoms with van der Waals surface area (Å²) in [6, 6.07) is 0. The fraction of sp³-hybridized carbons (Fsp3) is 0.818. The van der Waals surface area contributed by atoms with Gasteiger partial charge in [0.15, 0.2) is 0 Å². The monoisotopic (exact) mass is 264 g/mol. The zero-order valence-corrected chi connectivity index (χ0v) is 11.0. The van der Waals surface area contributed by atoms with E-state index in [4.69, 9.17) is 14.9 Å². The standard InChI is InChI=1S/C11H20O5S/c1-7(10(13)14)3-4-8(2)11(15)16-5-9(12)6-17/h7-9,12,17H,3-6H2,1-2H3,(H,13,14).